The van der Waals surface area contributed by atoms with Crippen LogP contribution in [0.5, 0.6) is 5.75 Å². The Balaban J connectivity index is 1.86. The maximum atomic E-state index is 12.0. The van der Waals surface area contributed by atoms with Gasteiger partial charge in [-0.15, -0.1) is 0 Å². The van der Waals surface area contributed by atoms with E-state index in [0.29, 0.717) is 0 Å². The molecule has 0 spiro atoms. The standard InChI is InChI=1S/C13H17F2NO/c14-13(15)17-12-7-3-6-11(8-12)16-9-10-4-1-2-5-10/h3,6-8,10,13,16H,1-2,4-5,9H2. The van der Waals surface area contributed by atoms with Gasteiger partial charge in [0.25, 0.3) is 0 Å². The molecule has 0 aromatic heterocycles. The number of halogens is 2. The highest BCUT2D eigenvalue weighted by Gasteiger charge is 2.14. The summed E-state index contributed by atoms with van der Waals surface area (Å²) in [6, 6.07) is 6.73. The van der Waals surface area contributed by atoms with Gasteiger partial charge in [0, 0.05) is 18.3 Å². The highest BCUT2D eigenvalue weighted by atomic mass is 19.3. The van der Waals surface area contributed by atoms with Crippen molar-refractivity contribution in [1.29, 1.82) is 0 Å². The number of anilines is 1. The Hall–Kier alpha value is -1.32. The monoisotopic (exact) mass is 241 g/mol. The molecule has 1 aliphatic rings. The number of ether oxygens (including phenoxy) is 1. The fourth-order valence-electron chi connectivity index (χ4n) is 2.26. The Morgan fingerprint density at radius 2 is 2.06 bits per heavy atom. The van der Waals surface area contributed by atoms with Gasteiger partial charge >= 0.3 is 6.61 Å². The lowest BCUT2D eigenvalue weighted by molar-refractivity contribution is -0.0498. The first-order valence-electron chi connectivity index (χ1n) is 6.03. The third kappa shape index (κ3) is 3.88. The van der Waals surface area contributed by atoms with Gasteiger partial charge in [-0.2, -0.15) is 8.78 Å². The minimum absolute atomic E-state index is 0.205. The normalized spacial score (nSPS) is 16.4. The summed E-state index contributed by atoms with van der Waals surface area (Å²) in [6.07, 6.45) is 5.14. The van der Waals surface area contributed by atoms with E-state index in [-0.39, 0.29) is 5.75 Å². The van der Waals surface area contributed by atoms with Gasteiger partial charge in [0.15, 0.2) is 0 Å². The van der Waals surface area contributed by atoms with Crippen LogP contribution in [0.25, 0.3) is 0 Å². The van der Waals surface area contributed by atoms with Gasteiger partial charge in [0.2, 0.25) is 0 Å². The van der Waals surface area contributed by atoms with E-state index in [9.17, 15) is 8.78 Å². The van der Waals surface area contributed by atoms with Crippen molar-refractivity contribution in [2.24, 2.45) is 5.92 Å². The molecule has 0 aliphatic heterocycles. The second-order valence-corrected chi connectivity index (χ2v) is 4.44. The summed E-state index contributed by atoms with van der Waals surface area (Å²) >= 11 is 0. The van der Waals surface area contributed by atoms with Crippen molar-refractivity contribution in [3.63, 3.8) is 0 Å². The average Bonchev–Trinajstić information content (AvgIpc) is 2.79. The molecule has 0 unspecified atom stereocenters. The van der Waals surface area contributed by atoms with Crippen LogP contribution >= 0.6 is 0 Å². The van der Waals surface area contributed by atoms with Gasteiger partial charge in [0.1, 0.15) is 5.75 Å². The number of hydrogen-bond donors (Lipinski definition) is 1. The highest BCUT2D eigenvalue weighted by Crippen LogP contribution is 2.26. The van der Waals surface area contributed by atoms with E-state index < -0.39 is 6.61 Å². The summed E-state index contributed by atoms with van der Waals surface area (Å²) in [5.74, 6) is 0.922. The summed E-state index contributed by atoms with van der Waals surface area (Å²) < 4.78 is 28.4. The molecule has 1 aromatic carbocycles. The Morgan fingerprint density at radius 1 is 1.29 bits per heavy atom. The number of rotatable bonds is 5. The molecule has 0 bridgehead atoms. The Kier molecular flexibility index (Phi) is 4.18. The van der Waals surface area contributed by atoms with Crippen LogP contribution in [0.1, 0.15) is 25.7 Å². The Labute approximate surface area is 100.0 Å². The van der Waals surface area contributed by atoms with Crippen LogP contribution in [-0.4, -0.2) is 13.2 Å². The van der Waals surface area contributed by atoms with E-state index in [1.54, 1.807) is 12.1 Å². The fraction of sp³-hybridized carbons (Fsp3) is 0.538. The molecule has 0 atom stereocenters. The first-order chi connectivity index (χ1) is 8.24. The predicted molar refractivity (Wildman–Crippen MR) is 63.5 cm³/mol. The quantitative estimate of drug-likeness (QED) is 0.844. The van der Waals surface area contributed by atoms with E-state index in [0.717, 1.165) is 18.2 Å². The van der Waals surface area contributed by atoms with Gasteiger partial charge in [-0.1, -0.05) is 18.9 Å². The van der Waals surface area contributed by atoms with Gasteiger partial charge < -0.3 is 10.1 Å². The van der Waals surface area contributed by atoms with Crippen LogP contribution in [0, 0.1) is 5.92 Å². The maximum absolute atomic E-state index is 12.0. The average molecular weight is 241 g/mol. The van der Waals surface area contributed by atoms with Gasteiger partial charge in [-0.25, -0.2) is 0 Å². The minimum Gasteiger partial charge on any atom is -0.435 e. The van der Waals surface area contributed by atoms with Crippen molar-refractivity contribution in [3.8, 4) is 5.75 Å². The molecule has 0 saturated heterocycles. The van der Waals surface area contributed by atoms with E-state index in [2.05, 4.69) is 10.1 Å². The van der Waals surface area contributed by atoms with Crippen molar-refractivity contribution in [3.05, 3.63) is 24.3 Å². The third-order valence-corrected chi connectivity index (χ3v) is 3.13. The molecular weight excluding hydrogens is 224 g/mol. The zero-order chi connectivity index (χ0) is 12.1. The lowest BCUT2D eigenvalue weighted by Crippen LogP contribution is -2.11. The molecule has 1 N–H and O–H groups in total. The van der Waals surface area contributed by atoms with Crippen LogP contribution in [-0.2, 0) is 0 Å². The van der Waals surface area contributed by atoms with E-state index in [1.807, 2.05) is 6.07 Å². The first kappa shape index (κ1) is 12.1. The molecule has 94 valence electrons. The van der Waals surface area contributed by atoms with Crippen molar-refractivity contribution in [2.45, 2.75) is 32.3 Å². The molecule has 4 heteroatoms. The van der Waals surface area contributed by atoms with Gasteiger partial charge in [-0.05, 0) is 30.9 Å². The lowest BCUT2D eigenvalue weighted by atomic mass is 10.1. The molecule has 1 saturated carbocycles. The molecule has 2 rings (SSSR count). The maximum Gasteiger partial charge on any atom is 0.387 e. The zero-order valence-electron chi connectivity index (χ0n) is 9.66. The minimum atomic E-state index is -2.76. The van der Waals surface area contributed by atoms with Gasteiger partial charge in [0.05, 0.1) is 0 Å². The molecule has 2 nitrogen and oxygen atoms in total. The molecule has 1 fully saturated rings. The summed E-state index contributed by atoms with van der Waals surface area (Å²) in [6.45, 7) is -1.85. The third-order valence-electron chi connectivity index (χ3n) is 3.13. The number of alkyl halides is 2. The van der Waals surface area contributed by atoms with Crippen LogP contribution in [0.4, 0.5) is 14.5 Å². The van der Waals surface area contributed by atoms with Crippen molar-refractivity contribution in [1.82, 2.24) is 0 Å². The largest absolute Gasteiger partial charge is 0.435 e. The Bertz CT molecular complexity index is 351. The molecule has 17 heavy (non-hydrogen) atoms. The number of hydrogen-bond acceptors (Lipinski definition) is 2. The van der Waals surface area contributed by atoms with E-state index in [1.165, 1.54) is 31.7 Å². The van der Waals surface area contributed by atoms with Crippen LogP contribution in [0.3, 0.4) is 0 Å². The van der Waals surface area contributed by atoms with Crippen LogP contribution in [0.15, 0.2) is 24.3 Å². The smallest absolute Gasteiger partial charge is 0.387 e. The summed E-state index contributed by atoms with van der Waals surface area (Å²) in [7, 11) is 0. The molecule has 0 heterocycles. The molecular formula is C13H17F2NO. The van der Waals surface area contributed by atoms with Crippen molar-refractivity contribution in [2.75, 3.05) is 11.9 Å². The topological polar surface area (TPSA) is 21.3 Å². The van der Waals surface area contributed by atoms with Crippen LogP contribution in [0.2, 0.25) is 0 Å². The molecule has 1 aliphatic carbocycles. The fourth-order valence-corrected chi connectivity index (χ4v) is 2.26. The lowest BCUT2D eigenvalue weighted by Gasteiger charge is -2.12. The summed E-state index contributed by atoms with van der Waals surface area (Å²) in [4.78, 5) is 0. The van der Waals surface area contributed by atoms with E-state index >= 15 is 0 Å². The first-order valence-corrected chi connectivity index (χ1v) is 6.03. The Morgan fingerprint density at radius 3 is 2.76 bits per heavy atom. The van der Waals surface area contributed by atoms with E-state index in [4.69, 9.17) is 0 Å². The van der Waals surface area contributed by atoms with Crippen LogP contribution < -0.4 is 10.1 Å². The summed E-state index contributed by atoms with van der Waals surface area (Å²) in [5, 5.41) is 3.28. The number of benzene rings is 1. The SMILES string of the molecule is FC(F)Oc1cccc(NCC2CCCC2)c1. The second-order valence-electron chi connectivity index (χ2n) is 4.44. The number of nitrogens with one attached hydrogen (secondary N) is 1. The summed E-state index contributed by atoms with van der Waals surface area (Å²) in [5.41, 5.74) is 0.843. The molecule has 1 aromatic rings. The second kappa shape index (κ2) is 5.84. The van der Waals surface area contributed by atoms with Gasteiger partial charge in [-0.3, -0.25) is 0 Å². The highest BCUT2D eigenvalue weighted by molar-refractivity contribution is 5.48. The predicted octanol–water partition coefficient (Wildman–Crippen LogP) is 3.89. The zero-order valence-corrected chi connectivity index (χ0v) is 9.66. The molecule has 0 amide bonds. The van der Waals surface area contributed by atoms with Crippen molar-refractivity contribution >= 4 is 5.69 Å². The molecule has 0 radical (unpaired) electrons. The van der Waals surface area contributed by atoms with Crippen molar-refractivity contribution < 1.29 is 13.5 Å².